The maximum Gasteiger partial charge on any atom is 0.157 e. The summed E-state index contributed by atoms with van der Waals surface area (Å²) in [5.74, 6) is 0.753. The van der Waals surface area contributed by atoms with Crippen LogP contribution in [0.15, 0.2) is 23.8 Å². The Morgan fingerprint density at radius 3 is 2.57 bits per heavy atom. The molecule has 0 spiro atoms. The van der Waals surface area contributed by atoms with Crippen LogP contribution in [0.5, 0.6) is 0 Å². The SMILES string of the molecule is CC1=CC=C(c2nc(C)cc(Cl)n2)C1. The van der Waals surface area contributed by atoms with E-state index in [4.69, 9.17) is 11.6 Å². The van der Waals surface area contributed by atoms with E-state index in [0.29, 0.717) is 5.15 Å². The van der Waals surface area contributed by atoms with Crippen molar-refractivity contribution >= 4 is 17.2 Å². The minimum absolute atomic E-state index is 0.512. The van der Waals surface area contributed by atoms with E-state index in [-0.39, 0.29) is 0 Å². The van der Waals surface area contributed by atoms with Crippen LogP contribution in [0.25, 0.3) is 5.57 Å². The van der Waals surface area contributed by atoms with Crippen LogP contribution in [-0.4, -0.2) is 9.97 Å². The summed E-state index contributed by atoms with van der Waals surface area (Å²) in [5.41, 5.74) is 3.39. The van der Waals surface area contributed by atoms with E-state index in [1.54, 1.807) is 6.07 Å². The summed E-state index contributed by atoms with van der Waals surface area (Å²) in [6, 6.07) is 1.76. The molecule has 0 aromatic carbocycles. The van der Waals surface area contributed by atoms with Gasteiger partial charge >= 0.3 is 0 Å². The van der Waals surface area contributed by atoms with Gasteiger partial charge in [0.05, 0.1) is 0 Å². The molecule has 0 saturated carbocycles. The first kappa shape index (κ1) is 9.41. The van der Waals surface area contributed by atoms with Gasteiger partial charge in [-0.15, -0.1) is 0 Å². The number of allylic oxidation sites excluding steroid dienone is 4. The number of aromatic nitrogens is 2. The number of nitrogens with zero attached hydrogens (tertiary/aromatic N) is 2. The van der Waals surface area contributed by atoms with E-state index in [1.165, 1.54) is 5.57 Å². The van der Waals surface area contributed by atoms with Gasteiger partial charge in [-0.2, -0.15) is 0 Å². The highest BCUT2D eigenvalue weighted by molar-refractivity contribution is 6.29. The molecule has 0 bridgehead atoms. The molecule has 1 heterocycles. The molecule has 0 radical (unpaired) electrons. The van der Waals surface area contributed by atoms with Crippen molar-refractivity contribution in [3.05, 3.63) is 40.5 Å². The van der Waals surface area contributed by atoms with Crippen LogP contribution in [0.4, 0.5) is 0 Å². The van der Waals surface area contributed by atoms with Gasteiger partial charge < -0.3 is 0 Å². The van der Waals surface area contributed by atoms with Gasteiger partial charge in [0.2, 0.25) is 0 Å². The lowest BCUT2D eigenvalue weighted by Gasteiger charge is -2.03. The fourth-order valence-electron chi connectivity index (χ4n) is 1.49. The number of hydrogen-bond acceptors (Lipinski definition) is 2. The predicted molar refractivity (Wildman–Crippen MR) is 58.1 cm³/mol. The summed E-state index contributed by atoms with van der Waals surface area (Å²) in [7, 11) is 0. The summed E-state index contributed by atoms with van der Waals surface area (Å²) in [6.45, 7) is 4.02. The molecular formula is C11H11ClN2. The third-order valence-corrected chi connectivity index (χ3v) is 2.34. The van der Waals surface area contributed by atoms with Gasteiger partial charge in [-0.3, -0.25) is 0 Å². The van der Waals surface area contributed by atoms with Crippen molar-refractivity contribution in [2.45, 2.75) is 20.3 Å². The van der Waals surface area contributed by atoms with Crippen molar-refractivity contribution in [1.29, 1.82) is 0 Å². The highest BCUT2D eigenvalue weighted by Crippen LogP contribution is 2.26. The molecule has 72 valence electrons. The van der Waals surface area contributed by atoms with Crippen LogP contribution in [0, 0.1) is 6.92 Å². The van der Waals surface area contributed by atoms with E-state index >= 15 is 0 Å². The van der Waals surface area contributed by atoms with Gasteiger partial charge in [0, 0.05) is 11.3 Å². The third kappa shape index (κ3) is 1.85. The molecule has 3 heteroatoms. The average Bonchev–Trinajstić information content (AvgIpc) is 2.50. The van der Waals surface area contributed by atoms with E-state index in [2.05, 4.69) is 29.0 Å². The second kappa shape index (κ2) is 3.54. The molecule has 1 aliphatic carbocycles. The zero-order chi connectivity index (χ0) is 10.1. The monoisotopic (exact) mass is 206 g/mol. The summed E-state index contributed by atoms with van der Waals surface area (Å²) >= 11 is 5.87. The van der Waals surface area contributed by atoms with Crippen molar-refractivity contribution < 1.29 is 0 Å². The Labute approximate surface area is 88.3 Å². The maximum absolute atomic E-state index is 5.87. The second-order valence-corrected chi connectivity index (χ2v) is 3.92. The summed E-state index contributed by atoms with van der Waals surface area (Å²) in [6.07, 6.45) is 5.08. The third-order valence-electron chi connectivity index (χ3n) is 2.15. The minimum atomic E-state index is 0.512. The standard InChI is InChI=1S/C11H11ClN2/c1-7-3-4-9(5-7)11-13-8(2)6-10(12)14-11/h3-4,6H,5H2,1-2H3. The topological polar surface area (TPSA) is 25.8 Å². The molecule has 0 saturated heterocycles. The van der Waals surface area contributed by atoms with Crippen LogP contribution in [0.1, 0.15) is 24.9 Å². The van der Waals surface area contributed by atoms with Crippen LogP contribution < -0.4 is 0 Å². The molecular weight excluding hydrogens is 196 g/mol. The lowest BCUT2D eigenvalue weighted by atomic mass is 10.1. The number of halogens is 1. The quantitative estimate of drug-likeness (QED) is 0.660. The van der Waals surface area contributed by atoms with Gasteiger partial charge in [0.1, 0.15) is 5.15 Å². The molecule has 1 aromatic heterocycles. The fraction of sp³-hybridized carbons (Fsp3) is 0.273. The fourth-order valence-corrected chi connectivity index (χ4v) is 1.73. The van der Waals surface area contributed by atoms with Crippen molar-refractivity contribution in [2.24, 2.45) is 0 Å². The van der Waals surface area contributed by atoms with Crippen LogP contribution in [-0.2, 0) is 0 Å². The Morgan fingerprint density at radius 1 is 1.21 bits per heavy atom. The van der Waals surface area contributed by atoms with Crippen molar-refractivity contribution in [1.82, 2.24) is 9.97 Å². The zero-order valence-corrected chi connectivity index (χ0v) is 8.97. The van der Waals surface area contributed by atoms with E-state index < -0.39 is 0 Å². The first-order valence-corrected chi connectivity index (χ1v) is 4.91. The van der Waals surface area contributed by atoms with Gasteiger partial charge in [-0.05, 0) is 26.3 Å². The van der Waals surface area contributed by atoms with Gasteiger partial charge in [-0.1, -0.05) is 29.3 Å². The molecule has 0 unspecified atom stereocenters. The Balaban J connectivity index is 2.35. The Kier molecular flexibility index (Phi) is 2.38. The van der Waals surface area contributed by atoms with Crippen molar-refractivity contribution in [3.63, 3.8) is 0 Å². The summed E-state index contributed by atoms with van der Waals surface area (Å²) in [4.78, 5) is 8.56. The Hall–Kier alpha value is -1.15. The van der Waals surface area contributed by atoms with Crippen LogP contribution in [0.2, 0.25) is 5.15 Å². The Morgan fingerprint density at radius 2 is 2.00 bits per heavy atom. The molecule has 14 heavy (non-hydrogen) atoms. The van der Waals surface area contributed by atoms with Gasteiger partial charge in [0.15, 0.2) is 5.82 Å². The molecule has 0 fully saturated rings. The first-order valence-electron chi connectivity index (χ1n) is 4.53. The molecule has 0 atom stereocenters. The normalized spacial score (nSPS) is 15.4. The smallest absolute Gasteiger partial charge is 0.157 e. The average molecular weight is 207 g/mol. The largest absolute Gasteiger partial charge is 0.234 e. The summed E-state index contributed by atoms with van der Waals surface area (Å²) in [5, 5.41) is 0.512. The minimum Gasteiger partial charge on any atom is -0.234 e. The molecule has 2 nitrogen and oxygen atoms in total. The van der Waals surface area contributed by atoms with Crippen LogP contribution >= 0.6 is 11.6 Å². The molecule has 0 N–H and O–H groups in total. The molecule has 1 aromatic rings. The number of aryl methyl sites for hydroxylation is 1. The molecule has 0 amide bonds. The summed E-state index contributed by atoms with van der Waals surface area (Å²) < 4.78 is 0. The van der Waals surface area contributed by atoms with Crippen LogP contribution in [0.3, 0.4) is 0 Å². The predicted octanol–water partition coefficient (Wildman–Crippen LogP) is 3.17. The molecule has 2 rings (SSSR count). The van der Waals surface area contributed by atoms with Crippen molar-refractivity contribution in [3.8, 4) is 0 Å². The van der Waals surface area contributed by atoms with E-state index in [9.17, 15) is 0 Å². The van der Waals surface area contributed by atoms with Crippen molar-refractivity contribution in [2.75, 3.05) is 0 Å². The number of hydrogen-bond donors (Lipinski definition) is 0. The van der Waals surface area contributed by atoms with E-state index in [0.717, 1.165) is 23.5 Å². The lowest BCUT2D eigenvalue weighted by molar-refractivity contribution is 1.04. The maximum atomic E-state index is 5.87. The zero-order valence-electron chi connectivity index (χ0n) is 8.21. The number of rotatable bonds is 1. The first-order chi connectivity index (χ1) is 6.65. The van der Waals surface area contributed by atoms with Gasteiger partial charge in [-0.25, -0.2) is 9.97 Å². The molecule has 1 aliphatic rings. The second-order valence-electron chi connectivity index (χ2n) is 3.54. The highest BCUT2D eigenvalue weighted by atomic mass is 35.5. The van der Waals surface area contributed by atoms with E-state index in [1.807, 2.05) is 6.92 Å². The highest BCUT2D eigenvalue weighted by Gasteiger charge is 2.10. The molecule has 0 aliphatic heterocycles. The Bertz CT molecular complexity index is 413. The lowest BCUT2D eigenvalue weighted by Crippen LogP contribution is -1.95. The van der Waals surface area contributed by atoms with Gasteiger partial charge in [0.25, 0.3) is 0 Å².